The van der Waals surface area contributed by atoms with Crippen molar-refractivity contribution in [1.29, 1.82) is 0 Å². The van der Waals surface area contributed by atoms with E-state index in [1.807, 2.05) is 55.5 Å². The van der Waals surface area contributed by atoms with Gasteiger partial charge in [0.25, 0.3) is 11.4 Å². The second-order valence-corrected chi connectivity index (χ2v) is 8.72. The summed E-state index contributed by atoms with van der Waals surface area (Å²) < 4.78 is 0. The summed E-state index contributed by atoms with van der Waals surface area (Å²) in [5.74, 6) is 0.293. The lowest BCUT2D eigenvalue weighted by atomic mass is 10.0. The molecule has 0 aliphatic carbocycles. The number of phenols is 1. The number of aryl methyl sites for hydroxylation is 3. The highest BCUT2D eigenvalue weighted by Crippen LogP contribution is 2.24. The molecule has 0 unspecified atom stereocenters. The van der Waals surface area contributed by atoms with Gasteiger partial charge in [0.15, 0.2) is 0 Å². The SMILES string of the molecule is Cc1ccc(/C=C/c2cc([N+](=O)[O-])cc([N+](=O)[O-])c2)cc1.Nc1cc(N)cc(CCc2ccc(O)cc2)c1. The number of rotatable bonds is 7. The molecule has 5 N–H and O–H groups in total. The van der Waals surface area contributed by atoms with Crippen LogP contribution in [-0.4, -0.2) is 15.0 Å². The van der Waals surface area contributed by atoms with Crippen molar-refractivity contribution >= 4 is 34.9 Å². The van der Waals surface area contributed by atoms with E-state index in [1.54, 1.807) is 30.4 Å². The Kier molecular flexibility index (Phi) is 9.15. The molecule has 0 spiro atoms. The molecule has 0 amide bonds. The lowest BCUT2D eigenvalue weighted by Crippen LogP contribution is -1.96. The van der Waals surface area contributed by atoms with Crippen LogP contribution in [0.4, 0.5) is 22.7 Å². The Bertz CT molecular complexity index is 1400. The van der Waals surface area contributed by atoms with Crippen LogP contribution >= 0.6 is 0 Å². The topological polar surface area (TPSA) is 159 Å². The smallest absolute Gasteiger partial charge is 0.276 e. The minimum absolute atomic E-state index is 0.293. The van der Waals surface area contributed by atoms with Crippen molar-refractivity contribution in [1.82, 2.24) is 0 Å². The Morgan fingerprint density at radius 2 is 1.18 bits per heavy atom. The minimum atomic E-state index is -0.643. The molecule has 0 bridgehead atoms. The molecule has 9 nitrogen and oxygen atoms in total. The quantitative estimate of drug-likeness (QED) is 0.113. The van der Waals surface area contributed by atoms with Crippen LogP contribution in [0.5, 0.6) is 5.75 Å². The monoisotopic (exact) mass is 512 g/mol. The molecule has 0 fully saturated rings. The number of hydrogen-bond acceptors (Lipinski definition) is 7. The van der Waals surface area contributed by atoms with Crippen LogP contribution in [0.1, 0.15) is 27.8 Å². The number of nitrogens with two attached hydrogens (primary N) is 2. The van der Waals surface area contributed by atoms with Crippen molar-refractivity contribution < 1.29 is 15.0 Å². The molecule has 4 aromatic rings. The number of aromatic hydroxyl groups is 1. The molecule has 38 heavy (non-hydrogen) atoms. The Morgan fingerprint density at radius 3 is 1.71 bits per heavy atom. The molecule has 0 atom stereocenters. The van der Waals surface area contributed by atoms with E-state index >= 15 is 0 Å². The fraction of sp³-hybridized carbons (Fsp3) is 0.103. The van der Waals surface area contributed by atoms with Crippen molar-refractivity contribution in [3.8, 4) is 5.75 Å². The van der Waals surface area contributed by atoms with Gasteiger partial charge in [0.05, 0.1) is 15.9 Å². The Labute approximate surface area is 220 Å². The number of nitrogen functional groups attached to an aromatic ring is 2. The molecule has 0 saturated carbocycles. The standard InChI is InChI=1S/C15H12N2O4.C14H16N2O/c1-11-2-4-12(5-3-11)6-7-13-8-14(16(18)19)10-15(9-13)17(20)21;15-12-7-11(8-13(16)9-12)2-1-10-3-5-14(17)6-4-10/h2-10H,1H3;3-9,17H,1-2,15-16H2/b7-6+;. The third-order valence-corrected chi connectivity index (χ3v) is 5.57. The van der Waals surface area contributed by atoms with E-state index in [0.29, 0.717) is 22.7 Å². The van der Waals surface area contributed by atoms with Gasteiger partial charge in [-0.1, -0.05) is 54.1 Å². The first-order valence-electron chi connectivity index (χ1n) is 11.7. The van der Waals surface area contributed by atoms with E-state index < -0.39 is 9.85 Å². The van der Waals surface area contributed by atoms with Crippen LogP contribution in [0, 0.1) is 27.2 Å². The molecule has 4 aromatic carbocycles. The molecule has 0 aliphatic rings. The van der Waals surface area contributed by atoms with Crippen LogP contribution in [-0.2, 0) is 12.8 Å². The summed E-state index contributed by atoms with van der Waals surface area (Å²) in [6.45, 7) is 1.97. The first-order chi connectivity index (χ1) is 18.1. The molecule has 4 rings (SSSR count). The highest BCUT2D eigenvalue weighted by atomic mass is 16.6. The van der Waals surface area contributed by atoms with Gasteiger partial charge in [0, 0.05) is 23.5 Å². The van der Waals surface area contributed by atoms with Crippen LogP contribution in [0.25, 0.3) is 12.2 Å². The van der Waals surface area contributed by atoms with E-state index in [0.717, 1.165) is 35.6 Å². The number of anilines is 2. The van der Waals surface area contributed by atoms with Crippen molar-refractivity contribution in [2.75, 3.05) is 11.5 Å². The fourth-order valence-electron chi connectivity index (χ4n) is 3.64. The molecule has 0 heterocycles. The van der Waals surface area contributed by atoms with E-state index in [4.69, 9.17) is 11.5 Å². The summed E-state index contributed by atoms with van der Waals surface area (Å²) in [5.41, 5.74) is 17.0. The predicted molar refractivity (Wildman–Crippen MR) is 151 cm³/mol. The maximum atomic E-state index is 10.8. The van der Waals surface area contributed by atoms with Crippen molar-refractivity contribution in [2.24, 2.45) is 0 Å². The van der Waals surface area contributed by atoms with Gasteiger partial charge in [0.1, 0.15) is 5.75 Å². The Balaban J connectivity index is 0.000000215. The van der Waals surface area contributed by atoms with E-state index in [1.165, 1.54) is 17.7 Å². The van der Waals surface area contributed by atoms with E-state index in [-0.39, 0.29) is 11.4 Å². The largest absolute Gasteiger partial charge is 0.508 e. The lowest BCUT2D eigenvalue weighted by Gasteiger charge is -2.05. The van der Waals surface area contributed by atoms with E-state index in [2.05, 4.69) is 0 Å². The summed E-state index contributed by atoms with van der Waals surface area (Å²) >= 11 is 0. The van der Waals surface area contributed by atoms with Crippen LogP contribution in [0.2, 0.25) is 0 Å². The van der Waals surface area contributed by atoms with Gasteiger partial charge in [-0.3, -0.25) is 20.2 Å². The van der Waals surface area contributed by atoms with Gasteiger partial charge >= 0.3 is 0 Å². The molecule has 0 radical (unpaired) electrons. The first kappa shape index (κ1) is 27.4. The maximum absolute atomic E-state index is 10.8. The zero-order chi connectivity index (χ0) is 27.7. The van der Waals surface area contributed by atoms with Crippen LogP contribution in [0.15, 0.2) is 84.9 Å². The number of benzene rings is 4. The zero-order valence-electron chi connectivity index (χ0n) is 20.8. The van der Waals surface area contributed by atoms with Gasteiger partial charge in [-0.15, -0.1) is 0 Å². The number of non-ortho nitro benzene ring substituents is 2. The average Bonchev–Trinajstić information content (AvgIpc) is 2.87. The summed E-state index contributed by atoms with van der Waals surface area (Å²) in [6, 6.07) is 24.1. The van der Waals surface area contributed by atoms with E-state index in [9.17, 15) is 25.3 Å². The molecule has 0 aromatic heterocycles. The molecule has 194 valence electrons. The third-order valence-electron chi connectivity index (χ3n) is 5.57. The summed E-state index contributed by atoms with van der Waals surface area (Å²) in [5, 5.41) is 30.8. The fourth-order valence-corrected chi connectivity index (χ4v) is 3.64. The average molecular weight is 513 g/mol. The minimum Gasteiger partial charge on any atom is -0.508 e. The molecular formula is C29H28N4O5. The lowest BCUT2D eigenvalue weighted by molar-refractivity contribution is -0.394. The molecule has 9 heteroatoms. The molecule has 0 aliphatic heterocycles. The van der Waals surface area contributed by atoms with Crippen molar-refractivity contribution in [3.63, 3.8) is 0 Å². The zero-order valence-corrected chi connectivity index (χ0v) is 20.8. The number of hydrogen-bond donors (Lipinski definition) is 3. The highest BCUT2D eigenvalue weighted by Gasteiger charge is 2.15. The van der Waals surface area contributed by atoms with Gasteiger partial charge in [-0.25, -0.2) is 0 Å². The summed E-state index contributed by atoms with van der Waals surface area (Å²) in [4.78, 5) is 20.3. The van der Waals surface area contributed by atoms with Crippen molar-refractivity contribution in [2.45, 2.75) is 19.8 Å². The second kappa shape index (κ2) is 12.7. The van der Waals surface area contributed by atoms with Crippen molar-refractivity contribution in [3.05, 3.63) is 133 Å². The van der Waals surface area contributed by atoms with Crippen LogP contribution < -0.4 is 11.5 Å². The number of phenolic OH excluding ortho intramolecular Hbond substituents is 1. The highest BCUT2D eigenvalue weighted by molar-refractivity contribution is 5.72. The third kappa shape index (κ3) is 8.49. The molecule has 0 saturated heterocycles. The van der Waals surface area contributed by atoms with Gasteiger partial charge < -0.3 is 16.6 Å². The van der Waals surface area contributed by atoms with Gasteiger partial charge in [-0.2, -0.15) is 0 Å². The van der Waals surface area contributed by atoms with Gasteiger partial charge in [0.2, 0.25) is 0 Å². The number of nitrogens with zero attached hydrogens (tertiary/aromatic N) is 2. The predicted octanol–water partition coefficient (Wildman–Crippen LogP) is 6.32. The molecular weight excluding hydrogens is 484 g/mol. The number of nitro benzene ring substituents is 2. The maximum Gasteiger partial charge on any atom is 0.276 e. The first-order valence-corrected chi connectivity index (χ1v) is 11.7. The Hall–Kier alpha value is -5.18. The van der Waals surface area contributed by atoms with Gasteiger partial charge in [-0.05, 0) is 72.4 Å². The Morgan fingerprint density at radius 1 is 0.684 bits per heavy atom. The second-order valence-electron chi connectivity index (χ2n) is 8.72. The summed E-state index contributed by atoms with van der Waals surface area (Å²) in [6.07, 6.45) is 5.16. The van der Waals surface area contributed by atoms with Crippen LogP contribution in [0.3, 0.4) is 0 Å². The summed E-state index contributed by atoms with van der Waals surface area (Å²) in [7, 11) is 0. The normalized spacial score (nSPS) is 10.6. The number of nitro groups is 2.